The van der Waals surface area contributed by atoms with Crippen LogP contribution in [-0.4, -0.2) is 11.7 Å². The first-order chi connectivity index (χ1) is 6.68. The molecule has 14 heavy (non-hydrogen) atoms. The van der Waals surface area contributed by atoms with Crippen molar-refractivity contribution in [1.29, 1.82) is 0 Å². The van der Waals surface area contributed by atoms with E-state index in [0.29, 0.717) is 17.6 Å². The van der Waals surface area contributed by atoms with Gasteiger partial charge in [-0.3, -0.25) is 0 Å². The maximum absolute atomic E-state index is 9.47. The quantitative estimate of drug-likeness (QED) is 0.713. The van der Waals surface area contributed by atoms with Gasteiger partial charge in [0.25, 0.3) is 0 Å². The lowest BCUT2D eigenvalue weighted by molar-refractivity contribution is 0.428. The van der Waals surface area contributed by atoms with Gasteiger partial charge in [-0.2, -0.15) is 0 Å². The van der Waals surface area contributed by atoms with Gasteiger partial charge in [-0.25, -0.2) is 0 Å². The van der Waals surface area contributed by atoms with E-state index in [4.69, 9.17) is 0 Å². The minimum Gasteiger partial charge on any atom is -0.508 e. The van der Waals surface area contributed by atoms with Crippen molar-refractivity contribution in [3.63, 3.8) is 0 Å². The largest absolute Gasteiger partial charge is 0.508 e. The first kappa shape index (κ1) is 9.53. The third kappa shape index (κ3) is 1.62. The van der Waals surface area contributed by atoms with Crippen molar-refractivity contribution in [3.05, 3.63) is 29.3 Å². The minimum absolute atomic E-state index is 0.385. The molecule has 0 aliphatic carbocycles. The third-order valence-electron chi connectivity index (χ3n) is 3.01. The molecule has 1 atom stereocenters. The molecular weight excluding hydrogens is 174 g/mol. The van der Waals surface area contributed by atoms with Gasteiger partial charge in [0.05, 0.1) is 0 Å². The summed E-state index contributed by atoms with van der Waals surface area (Å²) in [5.41, 5.74) is 2.64. The summed E-state index contributed by atoms with van der Waals surface area (Å²) in [4.78, 5) is 0. The summed E-state index contributed by atoms with van der Waals surface area (Å²) in [5, 5.41) is 12.9. The number of phenols is 1. The fourth-order valence-corrected chi connectivity index (χ4v) is 2.16. The Kier molecular flexibility index (Phi) is 2.46. The Morgan fingerprint density at radius 3 is 2.93 bits per heavy atom. The van der Waals surface area contributed by atoms with Crippen molar-refractivity contribution >= 4 is 0 Å². The van der Waals surface area contributed by atoms with E-state index < -0.39 is 0 Å². The van der Waals surface area contributed by atoms with E-state index in [9.17, 15) is 5.11 Å². The number of nitrogens with one attached hydrogen (secondary N) is 1. The van der Waals surface area contributed by atoms with Crippen LogP contribution in [0.1, 0.15) is 30.9 Å². The van der Waals surface area contributed by atoms with Crippen LogP contribution in [-0.2, 0) is 6.54 Å². The smallest absolute Gasteiger partial charge is 0.115 e. The molecule has 0 aromatic heterocycles. The topological polar surface area (TPSA) is 32.3 Å². The monoisotopic (exact) mass is 191 g/mol. The van der Waals surface area contributed by atoms with Crippen LogP contribution in [0.5, 0.6) is 5.75 Å². The maximum Gasteiger partial charge on any atom is 0.115 e. The van der Waals surface area contributed by atoms with Crippen molar-refractivity contribution in [2.24, 2.45) is 5.92 Å². The summed E-state index contributed by atoms with van der Waals surface area (Å²) >= 11 is 0. The average molecular weight is 191 g/mol. The molecule has 1 unspecified atom stereocenters. The Hall–Kier alpha value is -1.02. The zero-order valence-electron chi connectivity index (χ0n) is 8.75. The molecule has 1 aromatic rings. The number of hydrogen-bond acceptors (Lipinski definition) is 2. The summed E-state index contributed by atoms with van der Waals surface area (Å²) in [6.07, 6.45) is 0. The van der Waals surface area contributed by atoms with Gasteiger partial charge in [-0.15, -0.1) is 0 Å². The van der Waals surface area contributed by atoms with Gasteiger partial charge in [-0.1, -0.05) is 19.9 Å². The van der Waals surface area contributed by atoms with Crippen LogP contribution in [0.4, 0.5) is 0 Å². The van der Waals surface area contributed by atoms with Crippen molar-refractivity contribution in [2.75, 3.05) is 6.54 Å². The molecule has 2 N–H and O–H groups in total. The van der Waals surface area contributed by atoms with E-state index in [1.165, 1.54) is 11.1 Å². The predicted molar refractivity (Wildman–Crippen MR) is 57.4 cm³/mol. The Morgan fingerprint density at radius 2 is 2.21 bits per heavy atom. The summed E-state index contributed by atoms with van der Waals surface area (Å²) in [5.74, 6) is 1.53. The summed E-state index contributed by atoms with van der Waals surface area (Å²) in [6, 6.07) is 5.70. The van der Waals surface area contributed by atoms with Crippen LogP contribution in [0, 0.1) is 5.92 Å². The number of fused-ring (bicyclic) bond motifs is 1. The van der Waals surface area contributed by atoms with Crippen LogP contribution < -0.4 is 5.32 Å². The fourth-order valence-electron chi connectivity index (χ4n) is 2.16. The highest BCUT2D eigenvalue weighted by Crippen LogP contribution is 2.32. The molecule has 76 valence electrons. The number of aromatic hydroxyl groups is 1. The zero-order chi connectivity index (χ0) is 10.1. The predicted octanol–water partition coefficient (Wildman–Crippen LogP) is 2.24. The molecule has 0 saturated heterocycles. The van der Waals surface area contributed by atoms with Gasteiger partial charge in [0.2, 0.25) is 0 Å². The second-order valence-electron chi connectivity index (χ2n) is 4.36. The molecule has 2 heteroatoms. The average Bonchev–Trinajstić information content (AvgIpc) is 2.16. The first-order valence-corrected chi connectivity index (χ1v) is 5.21. The highest BCUT2D eigenvalue weighted by atomic mass is 16.3. The van der Waals surface area contributed by atoms with Gasteiger partial charge in [0.1, 0.15) is 5.75 Å². The molecule has 0 radical (unpaired) electrons. The SMILES string of the molecule is CC(C)C1CNCc2ccc(O)cc21. The molecule has 0 fully saturated rings. The third-order valence-corrected chi connectivity index (χ3v) is 3.01. The molecule has 2 rings (SSSR count). The molecule has 0 saturated carbocycles. The zero-order valence-corrected chi connectivity index (χ0v) is 8.75. The van der Waals surface area contributed by atoms with Crippen molar-refractivity contribution in [3.8, 4) is 5.75 Å². The lowest BCUT2D eigenvalue weighted by Gasteiger charge is -2.29. The Balaban J connectivity index is 2.41. The first-order valence-electron chi connectivity index (χ1n) is 5.21. The second kappa shape index (κ2) is 3.62. The van der Waals surface area contributed by atoms with E-state index in [1.54, 1.807) is 6.07 Å². The molecule has 0 bridgehead atoms. The van der Waals surface area contributed by atoms with E-state index in [1.807, 2.05) is 12.1 Å². The van der Waals surface area contributed by atoms with E-state index in [0.717, 1.165) is 13.1 Å². The standard InChI is InChI=1S/C12H17NO/c1-8(2)12-7-13-6-9-3-4-10(14)5-11(9)12/h3-5,8,12-14H,6-7H2,1-2H3. The molecule has 1 aromatic carbocycles. The summed E-state index contributed by atoms with van der Waals surface area (Å²) < 4.78 is 0. The normalized spacial score (nSPS) is 20.9. The molecule has 0 amide bonds. The molecule has 1 heterocycles. The lowest BCUT2D eigenvalue weighted by Crippen LogP contribution is -2.30. The van der Waals surface area contributed by atoms with Crippen molar-refractivity contribution < 1.29 is 5.11 Å². The Labute approximate surface area is 85.0 Å². The van der Waals surface area contributed by atoms with Gasteiger partial charge in [0.15, 0.2) is 0 Å². The minimum atomic E-state index is 0.385. The highest BCUT2D eigenvalue weighted by molar-refractivity contribution is 5.39. The van der Waals surface area contributed by atoms with Crippen molar-refractivity contribution in [2.45, 2.75) is 26.3 Å². The van der Waals surface area contributed by atoms with E-state index in [-0.39, 0.29) is 0 Å². The molecule has 1 aliphatic heterocycles. The van der Waals surface area contributed by atoms with Gasteiger partial charge in [0, 0.05) is 13.1 Å². The van der Waals surface area contributed by atoms with Crippen molar-refractivity contribution in [1.82, 2.24) is 5.32 Å². The molecule has 1 aliphatic rings. The number of rotatable bonds is 1. The fraction of sp³-hybridized carbons (Fsp3) is 0.500. The molecule has 0 spiro atoms. The number of benzene rings is 1. The molecule has 2 nitrogen and oxygen atoms in total. The van der Waals surface area contributed by atoms with Crippen LogP contribution in [0.2, 0.25) is 0 Å². The Morgan fingerprint density at radius 1 is 1.43 bits per heavy atom. The highest BCUT2D eigenvalue weighted by Gasteiger charge is 2.22. The van der Waals surface area contributed by atoms with Crippen LogP contribution in [0.25, 0.3) is 0 Å². The summed E-state index contributed by atoms with van der Waals surface area (Å²) in [6.45, 7) is 6.41. The van der Waals surface area contributed by atoms with Gasteiger partial charge in [-0.05, 0) is 35.1 Å². The van der Waals surface area contributed by atoms with Crippen LogP contribution >= 0.6 is 0 Å². The van der Waals surface area contributed by atoms with Gasteiger partial charge < -0.3 is 10.4 Å². The molecular formula is C12H17NO. The van der Waals surface area contributed by atoms with E-state index >= 15 is 0 Å². The number of phenolic OH excluding ortho intramolecular Hbond substituents is 1. The van der Waals surface area contributed by atoms with Gasteiger partial charge >= 0.3 is 0 Å². The number of hydrogen-bond donors (Lipinski definition) is 2. The Bertz CT molecular complexity index is 333. The maximum atomic E-state index is 9.47. The van der Waals surface area contributed by atoms with Crippen LogP contribution in [0.3, 0.4) is 0 Å². The summed E-state index contributed by atoms with van der Waals surface area (Å²) in [7, 11) is 0. The van der Waals surface area contributed by atoms with E-state index in [2.05, 4.69) is 19.2 Å². The second-order valence-corrected chi connectivity index (χ2v) is 4.36. The van der Waals surface area contributed by atoms with Crippen LogP contribution in [0.15, 0.2) is 18.2 Å². The lowest BCUT2D eigenvalue weighted by atomic mass is 9.83.